The van der Waals surface area contributed by atoms with E-state index in [1.54, 1.807) is 6.92 Å². The molecule has 3 N–H and O–H groups in total. The van der Waals surface area contributed by atoms with Crippen molar-refractivity contribution in [3.8, 4) is 0 Å². The smallest absolute Gasteiger partial charge is 0.261 e. The molecule has 102 valence electrons. The maximum Gasteiger partial charge on any atom is 0.261 e. The van der Waals surface area contributed by atoms with Gasteiger partial charge in [-0.15, -0.1) is 11.3 Å². The second-order valence-corrected chi connectivity index (χ2v) is 6.03. The highest BCUT2D eigenvalue weighted by Crippen LogP contribution is 2.23. The van der Waals surface area contributed by atoms with Gasteiger partial charge in [0.1, 0.15) is 0 Å². The third kappa shape index (κ3) is 3.54. The van der Waals surface area contributed by atoms with Gasteiger partial charge in [0.25, 0.3) is 5.91 Å². The third-order valence-electron chi connectivity index (χ3n) is 2.88. The van der Waals surface area contributed by atoms with Crippen LogP contribution in [0.15, 0.2) is 6.07 Å². The van der Waals surface area contributed by atoms with Crippen LogP contribution in [-0.2, 0) is 6.42 Å². The SMILES string of the molecule is CCCc1cc(C(=O)NC(C)(CO)CO)sc1C. The fourth-order valence-corrected chi connectivity index (χ4v) is 2.58. The van der Waals surface area contributed by atoms with E-state index in [0.29, 0.717) is 4.88 Å². The number of thiophene rings is 1. The van der Waals surface area contributed by atoms with Gasteiger partial charge in [-0.2, -0.15) is 0 Å². The zero-order valence-electron chi connectivity index (χ0n) is 11.1. The van der Waals surface area contributed by atoms with Gasteiger partial charge in [0.15, 0.2) is 0 Å². The first kappa shape index (κ1) is 15.1. The van der Waals surface area contributed by atoms with E-state index in [4.69, 9.17) is 10.2 Å². The van der Waals surface area contributed by atoms with Crippen LogP contribution in [0, 0.1) is 6.92 Å². The summed E-state index contributed by atoms with van der Waals surface area (Å²) in [5.74, 6) is -0.240. The van der Waals surface area contributed by atoms with E-state index in [2.05, 4.69) is 12.2 Å². The van der Waals surface area contributed by atoms with Crippen molar-refractivity contribution in [3.63, 3.8) is 0 Å². The molecule has 0 fully saturated rings. The van der Waals surface area contributed by atoms with E-state index >= 15 is 0 Å². The molecule has 1 aromatic heterocycles. The quantitative estimate of drug-likeness (QED) is 0.734. The minimum absolute atomic E-state index is 0.240. The molecule has 0 aliphatic heterocycles. The van der Waals surface area contributed by atoms with E-state index in [0.717, 1.165) is 17.7 Å². The summed E-state index contributed by atoms with van der Waals surface area (Å²) in [5.41, 5.74) is 0.224. The van der Waals surface area contributed by atoms with E-state index in [1.165, 1.54) is 16.9 Å². The average Bonchev–Trinajstić information content (AvgIpc) is 2.71. The Morgan fingerprint density at radius 2 is 2.06 bits per heavy atom. The van der Waals surface area contributed by atoms with Gasteiger partial charge < -0.3 is 15.5 Å². The Kier molecular flexibility index (Phi) is 5.31. The number of rotatable bonds is 6. The molecule has 0 bridgehead atoms. The summed E-state index contributed by atoms with van der Waals surface area (Å²) in [7, 11) is 0. The summed E-state index contributed by atoms with van der Waals surface area (Å²) in [6, 6.07) is 1.90. The van der Waals surface area contributed by atoms with Crippen LogP contribution in [0.1, 0.15) is 40.4 Å². The Labute approximate surface area is 112 Å². The molecule has 1 heterocycles. The molecule has 0 aromatic carbocycles. The lowest BCUT2D eigenvalue weighted by atomic mass is 10.1. The molecule has 0 radical (unpaired) electrons. The van der Waals surface area contributed by atoms with Crippen LogP contribution < -0.4 is 5.32 Å². The lowest BCUT2D eigenvalue weighted by molar-refractivity contribution is 0.0727. The first-order valence-corrected chi connectivity index (χ1v) is 6.91. The normalized spacial score (nSPS) is 11.6. The Bertz CT molecular complexity index is 410. The molecule has 1 rings (SSSR count). The summed E-state index contributed by atoms with van der Waals surface area (Å²) in [6.07, 6.45) is 2.01. The number of amides is 1. The molecule has 18 heavy (non-hydrogen) atoms. The minimum atomic E-state index is -0.972. The fourth-order valence-electron chi connectivity index (χ4n) is 1.61. The van der Waals surface area contributed by atoms with Gasteiger partial charge in [0.2, 0.25) is 0 Å². The number of hydrogen-bond acceptors (Lipinski definition) is 4. The largest absolute Gasteiger partial charge is 0.394 e. The molecule has 1 amide bonds. The van der Waals surface area contributed by atoms with Crippen LogP contribution in [0.2, 0.25) is 0 Å². The van der Waals surface area contributed by atoms with Gasteiger partial charge >= 0.3 is 0 Å². The molecular weight excluding hydrogens is 250 g/mol. The lowest BCUT2D eigenvalue weighted by Crippen LogP contribution is -2.51. The molecule has 0 atom stereocenters. The topological polar surface area (TPSA) is 69.6 Å². The maximum absolute atomic E-state index is 12.0. The highest BCUT2D eigenvalue weighted by atomic mass is 32.1. The molecule has 0 aliphatic carbocycles. The highest BCUT2D eigenvalue weighted by Gasteiger charge is 2.26. The second kappa shape index (κ2) is 6.31. The Balaban J connectivity index is 2.81. The van der Waals surface area contributed by atoms with E-state index in [-0.39, 0.29) is 19.1 Å². The summed E-state index contributed by atoms with van der Waals surface area (Å²) < 4.78 is 0. The lowest BCUT2D eigenvalue weighted by Gasteiger charge is -2.25. The van der Waals surface area contributed by atoms with Crippen molar-refractivity contribution in [2.75, 3.05) is 13.2 Å². The van der Waals surface area contributed by atoms with Crippen molar-refractivity contribution in [1.82, 2.24) is 5.32 Å². The van der Waals surface area contributed by atoms with Crippen molar-refractivity contribution in [2.45, 2.75) is 39.2 Å². The predicted molar refractivity (Wildman–Crippen MR) is 73.1 cm³/mol. The van der Waals surface area contributed by atoms with Crippen molar-refractivity contribution in [2.24, 2.45) is 0 Å². The van der Waals surface area contributed by atoms with Gasteiger partial charge in [-0.05, 0) is 31.9 Å². The summed E-state index contributed by atoms with van der Waals surface area (Å²) in [5, 5.41) is 21.0. The third-order valence-corrected chi connectivity index (χ3v) is 3.97. The van der Waals surface area contributed by atoms with E-state index < -0.39 is 5.54 Å². The van der Waals surface area contributed by atoms with Crippen LogP contribution in [0.25, 0.3) is 0 Å². The Morgan fingerprint density at radius 1 is 1.44 bits per heavy atom. The molecule has 0 spiro atoms. The second-order valence-electron chi connectivity index (χ2n) is 4.77. The number of aliphatic hydroxyl groups is 2. The predicted octanol–water partition coefficient (Wildman–Crippen LogP) is 1.48. The van der Waals surface area contributed by atoms with Crippen molar-refractivity contribution in [3.05, 3.63) is 21.4 Å². The average molecular weight is 271 g/mol. The van der Waals surface area contributed by atoms with Gasteiger partial charge in [-0.1, -0.05) is 13.3 Å². The first-order valence-electron chi connectivity index (χ1n) is 6.09. The summed E-state index contributed by atoms with van der Waals surface area (Å²) in [6.45, 7) is 5.14. The first-order chi connectivity index (χ1) is 8.45. The Morgan fingerprint density at radius 3 is 2.56 bits per heavy atom. The summed E-state index contributed by atoms with van der Waals surface area (Å²) in [4.78, 5) is 13.8. The molecule has 0 unspecified atom stereocenters. The zero-order chi connectivity index (χ0) is 13.8. The van der Waals surface area contributed by atoms with Gasteiger partial charge in [0.05, 0.1) is 23.6 Å². The molecule has 4 nitrogen and oxygen atoms in total. The summed E-state index contributed by atoms with van der Waals surface area (Å²) >= 11 is 1.45. The number of hydrogen-bond donors (Lipinski definition) is 3. The van der Waals surface area contributed by atoms with Crippen molar-refractivity contribution in [1.29, 1.82) is 0 Å². The standard InChI is InChI=1S/C13H21NO3S/c1-4-5-10-6-11(18-9(10)2)12(17)14-13(3,7-15)8-16/h6,15-16H,4-5,7-8H2,1-3H3,(H,14,17). The highest BCUT2D eigenvalue weighted by molar-refractivity contribution is 7.14. The Hall–Kier alpha value is -0.910. The molecular formula is C13H21NO3S. The molecule has 0 saturated heterocycles. The molecule has 0 saturated carbocycles. The fraction of sp³-hybridized carbons (Fsp3) is 0.615. The molecule has 1 aromatic rings. The number of aliphatic hydroxyl groups excluding tert-OH is 2. The maximum atomic E-state index is 12.0. The van der Waals surface area contributed by atoms with Gasteiger partial charge in [-0.25, -0.2) is 0 Å². The van der Waals surface area contributed by atoms with Gasteiger partial charge in [0, 0.05) is 4.88 Å². The number of aryl methyl sites for hydroxylation is 2. The van der Waals surface area contributed by atoms with Crippen LogP contribution in [0.5, 0.6) is 0 Å². The number of nitrogens with one attached hydrogen (secondary N) is 1. The van der Waals surface area contributed by atoms with Crippen molar-refractivity contribution >= 4 is 17.2 Å². The molecule has 5 heteroatoms. The zero-order valence-corrected chi connectivity index (χ0v) is 11.9. The minimum Gasteiger partial charge on any atom is -0.394 e. The van der Waals surface area contributed by atoms with Crippen LogP contribution in [-0.4, -0.2) is 34.9 Å². The van der Waals surface area contributed by atoms with Crippen LogP contribution in [0.4, 0.5) is 0 Å². The van der Waals surface area contributed by atoms with Crippen LogP contribution in [0.3, 0.4) is 0 Å². The van der Waals surface area contributed by atoms with Gasteiger partial charge in [-0.3, -0.25) is 4.79 Å². The number of carbonyl (C=O) groups excluding carboxylic acids is 1. The van der Waals surface area contributed by atoms with Crippen LogP contribution >= 0.6 is 11.3 Å². The number of carbonyl (C=O) groups is 1. The van der Waals surface area contributed by atoms with E-state index in [1.807, 2.05) is 13.0 Å². The van der Waals surface area contributed by atoms with Crippen molar-refractivity contribution < 1.29 is 15.0 Å². The molecule has 0 aliphatic rings. The van der Waals surface area contributed by atoms with E-state index in [9.17, 15) is 4.79 Å². The monoisotopic (exact) mass is 271 g/mol.